The fraction of sp³-hybridized carbons (Fsp3) is 0.0127. The second-order valence-electron chi connectivity index (χ2n) is 20.5. The van der Waals surface area contributed by atoms with E-state index in [9.17, 15) is 0 Å². The van der Waals surface area contributed by atoms with Crippen molar-refractivity contribution in [3.05, 3.63) is 328 Å². The van der Waals surface area contributed by atoms with Crippen molar-refractivity contribution in [1.29, 1.82) is 0 Å². The first-order valence-corrected chi connectivity index (χ1v) is 36.4. The maximum absolute atomic E-state index is 5.99. The fourth-order valence-corrected chi connectivity index (χ4v) is 10.7. The molecule has 0 amide bonds. The number of pyridine rings is 3. The SMILES string of the molecule is Cn1c(-c2ccc(-c3ccccc3)cc2)cnc1-c1[c-]c(Oc2ccccn2)ccc1.[Cl][Pd+].[Cl][Pd+].[Cl][Pd+].[c-]1c(Oc2ccccn2)cccc1-c1ncc(-c2ccc(-c3ccccc3)cc2)o1.[c-]1c(Oc2ccccn2)cccc1-c1ncc(-c2ccc(-c3ccccc3)cc2)s1. The van der Waals surface area contributed by atoms with Crippen LogP contribution in [0.3, 0.4) is 0 Å². The topological polar surface area (TPSA) is 123 Å². The van der Waals surface area contributed by atoms with E-state index in [1.165, 1.54) is 27.8 Å². The van der Waals surface area contributed by atoms with Gasteiger partial charge in [-0.3, -0.25) is 15.0 Å². The van der Waals surface area contributed by atoms with Crippen molar-refractivity contribution in [2.75, 3.05) is 0 Å². The number of nitrogens with zero attached hydrogens (tertiary/aromatic N) is 7. The molecule has 9 aromatic carbocycles. The van der Waals surface area contributed by atoms with Gasteiger partial charge in [0, 0.05) is 88.9 Å². The maximum atomic E-state index is 5.99. The summed E-state index contributed by atoms with van der Waals surface area (Å²) < 4.78 is 25.4. The van der Waals surface area contributed by atoms with Crippen molar-refractivity contribution in [2.45, 2.75) is 0 Å². The monoisotopic (exact) mass is 1620 g/mol. The summed E-state index contributed by atoms with van der Waals surface area (Å²) in [6.07, 6.45) is 10.6. The Kier molecular flexibility index (Phi) is 27.1. The van der Waals surface area contributed by atoms with E-state index in [1.54, 1.807) is 42.2 Å². The van der Waals surface area contributed by atoms with E-state index < -0.39 is 0 Å². The van der Waals surface area contributed by atoms with Crippen LogP contribution < -0.4 is 14.2 Å². The summed E-state index contributed by atoms with van der Waals surface area (Å²) in [6, 6.07) is 100. The quantitative estimate of drug-likeness (QED) is 0.0724. The number of aromatic nitrogens is 7. The van der Waals surface area contributed by atoms with Gasteiger partial charge in [-0.15, -0.1) is 65.7 Å². The van der Waals surface area contributed by atoms with E-state index in [4.69, 9.17) is 18.6 Å². The van der Waals surface area contributed by atoms with Crippen LogP contribution >= 0.6 is 39.9 Å². The minimum atomic E-state index is 0.489. The van der Waals surface area contributed by atoms with Crippen LogP contribution in [0.4, 0.5) is 0 Å². The van der Waals surface area contributed by atoms with Gasteiger partial charge < -0.3 is 23.2 Å². The summed E-state index contributed by atoms with van der Waals surface area (Å²) in [5.74, 6) is 5.39. The van der Waals surface area contributed by atoms with Crippen molar-refractivity contribution < 1.29 is 73.2 Å². The molecule has 0 unspecified atom stereocenters. The first kappa shape index (κ1) is 70.5. The normalized spacial score (nSPS) is 10.2. The van der Waals surface area contributed by atoms with Crippen LogP contribution in [-0.2, 0) is 61.6 Å². The molecule has 0 spiro atoms. The zero-order chi connectivity index (χ0) is 67.4. The third kappa shape index (κ3) is 19.7. The zero-order valence-corrected chi connectivity index (χ0v) is 58.9. The second kappa shape index (κ2) is 37.3. The van der Waals surface area contributed by atoms with Crippen molar-refractivity contribution in [2.24, 2.45) is 7.05 Å². The minimum absolute atomic E-state index is 0.489. The van der Waals surface area contributed by atoms with Crippen LogP contribution in [0, 0.1) is 18.2 Å². The Morgan fingerprint density at radius 3 is 1.18 bits per heavy atom. The predicted molar refractivity (Wildman–Crippen MR) is 378 cm³/mol. The molecule has 97 heavy (non-hydrogen) atoms. The van der Waals surface area contributed by atoms with Crippen LogP contribution in [0.5, 0.6) is 34.9 Å². The van der Waals surface area contributed by atoms with Crippen LogP contribution in [0.1, 0.15) is 0 Å². The van der Waals surface area contributed by atoms with E-state index in [2.05, 4.69) is 257 Å². The summed E-state index contributed by atoms with van der Waals surface area (Å²) in [4.78, 5) is 27.4. The Labute approximate surface area is 612 Å². The molecule has 0 N–H and O–H groups in total. The van der Waals surface area contributed by atoms with Crippen LogP contribution in [0.25, 0.3) is 99.8 Å². The molecule has 11 nitrogen and oxygen atoms in total. The standard InChI is InChI=1S/C27H20N3O.C26H17N2O2.C26H17N2OS.3ClH.3Pd/c1-30-25(22-15-13-21(14-16-22)20-8-3-2-4-9-20)19-29-27(30)23-10-7-11-24(18-23)31-26-12-5-6-17-28-26;2*1-2-7-19(8-3-1)20-12-14-21(15-13-20)24-18-28-26(30-24)22-9-6-10-23(17-22)29-25-11-4-5-16-27-25;;;;;;/h2-17,19H,1H3;2*1-16,18H;3*1H;;;/q3*-1;;;;3*+2/p-3. The molecule has 0 aliphatic heterocycles. The molecule has 0 saturated carbocycles. The van der Waals surface area contributed by atoms with E-state index in [0.717, 1.165) is 60.3 Å². The van der Waals surface area contributed by atoms with Gasteiger partial charge >= 0.3 is 83.1 Å². The van der Waals surface area contributed by atoms with Gasteiger partial charge in [0.1, 0.15) is 11.7 Å². The molecule has 6 aromatic heterocycles. The third-order valence-electron chi connectivity index (χ3n) is 14.4. The molecule has 15 aromatic rings. The van der Waals surface area contributed by atoms with Crippen LogP contribution in [-0.4, -0.2) is 34.5 Å². The molecular weight excluding hydrogens is 1570 g/mol. The summed E-state index contributed by atoms with van der Waals surface area (Å²) in [5, 5.41) is 0.906. The average Bonchev–Trinajstić information content (AvgIpc) is 1.71. The van der Waals surface area contributed by atoms with E-state index in [0.29, 0.717) is 46.5 Å². The molecule has 0 radical (unpaired) electrons. The molecule has 18 heteroatoms. The molecule has 486 valence electrons. The van der Waals surface area contributed by atoms with Gasteiger partial charge in [0.05, 0.1) is 17.7 Å². The van der Waals surface area contributed by atoms with E-state index >= 15 is 0 Å². The van der Waals surface area contributed by atoms with E-state index in [-0.39, 0.29) is 0 Å². The number of oxazole rings is 1. The number of thiazole rings is 1. The van der Waals surface area contributed by atoms with Crippen molar-refractivity contribution in [3.8, 4) is 135 Å². The number of halogens is 3. The van der Waals surface area contributed by atoms with Gasteiger partial charge in [-0.2, -0.15) is 11.3 Å². The third-order valence-corrected chi connectivity index (χ3v) is 15.5. The average molecular weight is 1620 g/mol. The Morgan fingerprint density at radius 2 is 0.722 bits per heavy atom. The summed E-state index contributed by atoms with van der Waals surface area (Å²) in [5.41, 5.74) is 13.9. The zero-order valence-electron chi connectivity index (χ0n) is 51.2. The summed E-state index contributed by atoms with van der Waals surface area (Å²) in [7, 11) is 15.5. The maximum Gasteiger partial charge on any atom is 0.217 e. The van der Waals surface area contributed by atoms with Crippen LogP contribution in [0.2, 0.25) is 0 Å². The smallest absolute Gasteiger partial charge is 0.217 e. The molecule has 0 aliphatic rings. The van der Waals surface area contributed by atoms with E-state index in [1.807, 2.05) is 165 Å². The van der Waals surface area contributed by atoms with Gasteiger partial charge in [0.2, 0.25) is 17.6 Å². The first-order chi connectivity index (χ1) is 48.0. The number of hydrogen-bond acceptors (Lipinski definition) is 11. The predicted octanol–water partition coefficient (Wildman–Crippen LogP) is 22.3. The Hall–Kier alpha value is -9.26. The number of imidazole rings is 1. The first-order valence-electron chi connectivity index (χ1n) is 29.6. The molecule has 6 heterocycles. The molecule has 0 bridgehead atoms. The molecule has 0 fully saturated rings. The molecule has 0 aliphatic carbocycles. The number of hydrogen-bond donors (Lipinski definition) is 0. The minimum Gasteiger partial charge on any atom is -0.481 e. The van der Waals surface area contributed by atoms with Crippen molar-refractivity contribution in [3.63, 3.8) is 0 Å². The van der Waals surface area contributed by atoms with Gasteiger partial charge in [-0.1, -0.05) is 206 Å². The number of ether oxygens (including phenoxy) is 3. The van der Waals surface area contributed by atoms with Crippen molar-refractivity contribution >= 4 is 39.9 Å². The van der Waals surface area contributed by atoms with Crippen LogP contribution in [0.15, 0.2) is 315 Å². The molecule has 0 atom stereocenters. The van der Waals surface area contributed by atoms with Crippen molar-refractivity contribution in [1.82, 2.24) is 34.5 Å². The summed E-state index contributed by atoms with van der Waals surface area (Å²) >= 11 is 8.31. The number of rotatable bonds is 15. The second-order valence-corrected chi connectivity index (χ2v) is 21.5. The molecule has 0 saturated heterocycles. The van der Waals surface area contributed by atoms with Gasteiger partial charge in [-0.05, 0) is 62.7 Å². The molecular formula is C79H54Cl3N7O4Pd3S. The van der Waals surface area contributed by atoms with Gasteiger partial charge in [0.15, 0.2) is 0 Å². The Morgan fingerprint density at radius 1 is 0.340 bits per heavy atom. The van der Waals surface area contributed by atoms with Gasteiger partial charge in [0.25, 0.3) is 0 Å². The fourth-order valence-electron chi connectivity index (χ4n) is 9.83. The summed E-state index contributed by atoms with van der Waals surface area (Å²) in [6.45, 7) is 0. The Bertz CT molecular complexity index is 4600. The molecule has 15 rings (SSSR count). The van der Waals surface area contributed by atoms with Gasteiger partial charge in [-0.25, -0.2) is 15.0 Å². The largest absolute Gasteiger partial charge is 0.481 e. The Balaban J connectivity index is 0.000000152. The number of benzene rings is 9.